The van der Waals surface area contributed by atoms with Crippen LogP contribution in [-0.4, -0.2) is 221 Å². The number of aliphatic hydroxyl groups excluding tert-OH is 12. The number of rotatable bonds is 12. The Kier molecular flexibility index (Phi) is 13.9. The Morgan fingerprint density at radius 1 is 0.404 bits per heavy atom. The lowest BCUT2D eigenvalue weighted by Gasteiger charge is -2.49. The molecule has 23 nitrogen and oxygen atoms in total. The molecule has 276 valence electrons. The molecule has 0 aromatic heterocycles. The predicted molar refractivity (Wildman–Crippen MR) is 137 cm³/mol. The van der Waals surface area contributed by atoms with E-state index in [1.165, 1.54) is 0 Å². The van der Waals surface area contributed by atoms with Crippen molar-refractivity contribution in [2.75, 3.05) is 26.4 Å². The standard InChI is InChI=1S/C24H42O23/c25-1-5-9(28)13(32)20(47-38)24(42-5)46-18-11(30)7(3-27)41-22(15(18)34)45-19-12(31)8(4-39-37)43-23(16(19)35)44-17-10(29)6(2-26)40-21(36)14(17)33/h5-38H,1-4H2/t5-,6-,7-,8-,9-,10-,11-,12-,13+,14-,15-,16-,17+,18+,19+,20-,21-,22+,23+,24+/m1/s1. The molecule has 0 unspecified atom stereocenters. The fraction of sp³-hybridized carbons (Fsp3) is 1.00. The molecule has 0 spiro atoms. The molecule has 4 rings (SSSR count). The zero-order chi connectivity index (χ0) is 34.7. The molecule has 4 aliphatic rings. The van der Waals surface area contributed by atoms with Gasteiger partial charge in [0.25, 0.3) is 0 Å². The molecule has 0 aromatic rings. The summed E-state index contributed by atoms with van der Waals surface area (Å²) in [6.45, 7) is -3.38. The summed E-state index contributed by atoms with van der Waals surface area (Å²) in [5.74, 6) is 0. The van der Waals surface area contributed by atoms with Crippen LogP contribution in [0.2, 0.25) is 0 Å². The first kappa shape index (κ1) is 38.9. The molecule has 0 amide bonds. The molecular weight excluding hydrogens is 656 g/mol. The van der Waals surface area contributed by atoms with Crippen LogP contribution in [0.4, 0.5) is 0 Å². The summed E-state index contributed by atoms with van der Waals surface area (Å²) in [5, 5.41) is 142. The van der Waals surface area contributed by atoms with Gasteiger partial charge in [-0.3, -0.25) is 10.5 Å². The van der Waals surface area contributed by atoms with Gasteiger partial charge in [0.2, 0.25) is 0 Å². The maximum Gasteiger partial charge on any atom is 0.190 e. The van der Waals surface area contributed by atoms with Crippen LogP contribution in [0.3, 0.4) is 0 Å². The minimum atomic E-state index is -2.10. The lowest BCUT2D eigenvalue weighted by atomic mass is 9.95. The maximum absolute atomic E-state index is 11.1. The summed E-state index contributed by atoms with van der Waals surface area (Å²) in [4.78, 5) is 8.19. The van der Waals surface area contributed by atoms with E-state index < -0.39 is 149 Å². The van der Waals surface area contributed by atoms with Gasteiger partial charge in [-0.1, -0.05) is 0 Å². The summed E-state index contributed by atoms with van der Waals surface area (Å²) in [5.41, 5.74) is 0. The van der Waals surface area contributed by atoms with Crippen LogP contribution in [0.5, 0.6) is 0 Å². The largest absolute Gasteiger partial charge is 0.394 e. The highest BCUT2D eigenvalue weighted by molar-refractivity contribution is 4.98. The van der Waals surface area contributed by atoms with E-state index in [1.54, 1.807) is 0 Å². The van der Waals surface area contributed by atoms with E-state index in [0.717, 1.165) is 0 Å². The number of hydrogen-bond acceptors (Lipinski definition) is 23. The monoisotopic (exact) mass is 698 g/mol. The number of ether oxygens (including phenoxy) is 7. The van der Waals surface area contributed by atoms with Gasteiger partial charge in [-0.15, -0.1) is 0 Å². The second kappa shape index (κ2) is 16.9. The molecular formula is C24H42O23. The van der Waals surface area contributed by atoms with E-state index >= 15 is 0 Å². The van der Waals surface area contributed by atoms with Crippen LogP contribution in [0.1, 0.15) is 0 Å². The van der Waals surface area contributed by atoms with Crippen LogP contribution >= 0.6 is 0 Å². The molecule has 0 radical (unpaired) electrons. The Morgan fingerprint density at radius 2 is 0.809 bits per heavy atom. The quantitative estimate of drug-likeness (QED) is 0.0664. The van der Waals surface area contributed by atoms with Gasteiger partial charge in [-0.25, -0.2) is 9.78 Å². The van der Waals surface area contributed by atoms with E-state index in [4.69, 9.17) is 38.4 Å². The van der Waals surface area contributed by atoms with Crippen LogP contribution < -0.4 is 0 Å². The average Bonchev–Trinajstić information content (AvgIpc) is 3.05. The Hall–Kier alpha value is -0.920. The SMILES string of the molecule is OC[C@H]1O[C@@H](O[C@@H]2[C@@H](O)[C@H](O[C@@H]3[C@@H](O)[C@H](O[C@@H]4[C@@H](O)[C@H](O)O[C@H](CO)[C@H]4O)O[C@H](COO)[C@H]3O)O[C@H](CO)[C@H]2O)[C@H](OO)[C@@H](O)[C@@H]1O. The highest BCUT2D eigenvalue weighted by Gasteiger charge is 2.56. The van der Waals surface area contributed by atoms with Crippen molar-refractivity contribution < 1.29 is 115 Å². The molecule has 14 N–H and O–H groups in total. The third-order valence-electron chi connectivity index (χ3n) is 8.36. The zero-order valence-electron chi connectivity index (χ0n) is 24.3. The molecule has 20 atom stereocenters. The van der Waals surface area contributed by atoms with Crippen LogP contribution in [0.15, 0.2) is 0 Å². The van der Waals surface area contributed by atoms with Crippen LogP contribution in [0, 0.1) is 0 Å². The lowest BCUT2D eigenvalue weighted by molar-refractivity contribution is -0.414. The lowest BCUT2D eigenvalue weighted by Crippen LogP contribution is -2.68. The molecule has 4 aliphatic heterocycles. The van der Waals surface area contributed by atoms with Crippen molar-refractivity contribution in [1.29, 1.82) is 0 Å². The fourth-order valence-electron chi connectivity index (χ4n) is 5.68. The minimum absolute atomic E-state index is 0.784. The summed E-state index contributed by atoms with van der Waals surface area (Å²) >= 11 is 0. The van der Waals surface area contributed by atoms with Crippen molar-refractivity contribution in [3.8, 4) is 0 Å². The van der Waals surface area contributed by atoms with Crippen molar-refractivity contribution in [2.24, 2.45) is 0 Å². The Bertz CT molecular complexity index is 951. The van der Waals surface area contributed by atoms with Crippen molar-refractivity contribution in [3.63, 3.8) is 0 Å². The molecule has 0 aromatic carbocycles. The van der Waals surface area contributed by atoms with Crippen LogP contribution in [-0.2, 0) is 42.9 Å². The Morgan fingerprint density at radius 3 is 1.30 bits per heavy atom. The number of aliphatic hydroxyl groups is 12. The minimum Gasteiger partial charge on any atom is -0.394 e. The average molecular weight is 699 g/mol. The smallest absolute Gasteiger partial charge is 0.190 e. The van der Waals surface area contributed by atoms with Gasteiger partial charge >= 0.3 is 0 Å². The normalized spacial score (nSPS) is 51.2. The van der Waals surface area contributed by atoms with Gasteiger partial charge in [0.05, 0.1) is 19.8 Å². The molecule has 0 saturated carbocycles. The third-order valence-corrected chi connectivity index (χ3v) is 8.36. The zero-order valence-corrected chi connectivity index (χ0v) is 24.3. The molecule has 47 heavy (non-hydrogen) atoms. The van der Waals surface area contributed by atoms with E-state index in [-0.39, 0.29) is 0 Å². The van der Waals surface area contributed by atoms with Crippen molar-refractivity contribution in [1.82, 2.24) is 0 Å². The van der Waals surface area contributed by atoms with Gasteiger partial charge < -0.3 is 94.4 Å². The topological polar surface area (TPSA) is 366 Å². The Balaban J connectivity index is 1.56. The highest BCUT2D eigenvalue weighted by Crippen LogP contribution is 2.34. The summed E-state index contributed by atoms with van der Waals surface area (Å²) in [6, 6.07) is 0. The molecule has 4 heterocycles. The van der Waals surface area contributed by atoms with Gasteiger partial charge in [0.15, 0.2) is 31.3 Å². The summed E-state index contributed by atoms with van der Waals surface area (Å²) in [6.07, 6.45) is -36.7. The molecule has 0 bridgehead atoms. The first-order valence-corrected chi connectivity index (χ1v) is 14.4. The van der Waals surface area contributed by atoms with Gasteiger partial charge in [0, 0.05) is 0 Å². The Labute approximate surface area is 264 Å². The first-order chi connectivity index (χ1) is 22.3. The maximum atomic E-state index is 11.1. The molecule has 23 heteroatoms. The number of hydrogen-bond donors (Lipinski definition) is 14. The van der Waals surface area contributed by atoms with Crippen molar-refractivity contribution in [3.05, 3.63) is 0 Å². The molecule has 0 aliphatic carbocycles. The van der Waals surface area contributed by atoms with E-state index in [1.807, 2.05) is 0 Å². The van der Waals surface area contributed by atoms with Crippen molar-refractivity contribution in [2.45, 2.75) is 123 Å². The van der Waals surface area contributed by atoms with E-state index in [2.05, 4.69) is 9.78 Å². The third kappa shape index (κ3) is 8.03. The van der Waals surface area contributed by atoms with Gasteiger partial charge in [0.1, 0.15) is 98.2 Å². The fourth-order valence-corrected chi connectivity index (χ4v) is 5.68. The van der Waals surface area contributed by atoms with Crippen molar-refractivity contribution >= 4 is 0 Å². The predicted octanol–water partition coefficient (Wildman–Crippen LogP) is -8.75. The first-order valence-electron chi connectivity index (χ1n) is 14.4. The second-order valence-electron chi connectivity index (χ2n) is 11.3. The van der Waals surface area contributed by atoms with Crippen LogP contribution in [0.25, 0.3) is 0 Å². The summed E-state index contributed by atoms with van der Waals surface area (Å²) in [7, 11) is 0. The second-order valence-corrected chi connectivity index (χ2v) is 11.3. The van der Waals surface area contributed by atoms with E-state index in [0.29, 0.717) is 0 Å². The van der Waals surface area contributed by atoms with Gasteiger partial charge in [-0.05, 0) is 0 Å². The van der Waals surface area contributed by atoms with Gasteiger partial charge in [-0.2, -0.15) is 0 Å². The molecule has 4 fully saturated rings. The highest BCUT2D eigenvalue weighted by atomic mass is 17.1. The van der Waals surface area contributed by atoms with E-state index in [9.17, 15) is 66.5 Å². The molecule has 4 saturated heterocycles. The summed E-state index contributed by atoms with van der Waals surface area (Å²) < 4.78 is 37.8.